The summed E-state index contributed by atoms with van der Waals surface area (Å²) in [5, 5.41) is 13.1. The molecule has 0 spiro atoms. The van der Waals surface area contributed by atoms with Gasteiger partial charge in [-0.1, -0.05) is 0 Å². The van der Waals surface area contributed by atoms with E-state index in [1.54, 1.807) is 23.4 Å². The van der Waals surface area contributed by atoms with Crippen molar-refractivity contribution in [3.05, 3.63) is 44.0 Å². The second-order valence-electron chi connectivity index (χ2n) is 4.44. The molecule has 1 N–H and O–H groups in total. The van der Waals surface area contributed by atoms with Crippen LogP contribution in [0.5, 0.6) is 0 Å². The third-order valence-corrected chi connectivity index (χ3v) is 4.39. The van der Waals surface area contributed by atoms with Crippen LogP contribution in [0.25, 0.3) is 6.08 Å². The third kappa shape index (κ3) is 4.24. The number of hydrogen-bond acceptors (Lipinski definition) is 5. The Hall–Kier alpha value is -1.99. The molecule has 0 unspecified atom stereocenters. The number of thiazole rings is 1. The first-order chi connectivity index (χ1) is 9.95. The van der Waals surface area contributed by atoms with Gasteiger partial charge in [0.1, 0.15) is 5.69 Å². The van der Waals surface area contributed by atoms with Crippen LogP contribution in [0.4, 0.5) is 0 Å². The molecule has 2 aromatic heterocycles. The molecule has 0 aromatic carbocycles. The summed E-state index contributed by atoms with van der Waals surface area (Å²) in [6, 6.07) is 1.88. The third-order valence-electron chi connectivity index (χ3n) is 2.67. The Morgan fingerprint density at radius 2 is 2.14 bits per heavy atom. The zero-order valence-electron chi connectivity index (χ0n) is 11.6. The van der Waals surface area contributed by atoms with Crippen molar-refractivity contribution >= 4 is 40.6 Å². The van der Waals surface area contributed by atoms with Gasteiger partial charge in [0.25, 0.3) is 5.91 Å². The molecule has 0 aliphatic heterocycles. The number of rotatable bonds is 5. The number of nitrogens with zero attached hydrogens (tertiary/aromatic N) is 2. The summed E-state index contributed by atoms with van der Waals surface area (Å²) in [6.07, 6.45) is 2.64. The standard InChI is InChI=1S/C14H14N2O3S2/c1-9-15-12(8-20-9)14(19)16(2)6-10-5-11(21-7-10)3-4-13(17)18/h3-5,7-8H,6H2,1-2H3,(H,17,18)/b4-3+. The number of aliphatic carboxylic acids is 1. The number of carbonyl (C=O) groups excluding carboxylic acids is 1. The number of carbonyl (C=O) groups is 2. The van der Waals surface area contributed by atoms with Crippen LogP contribution < -0.4 is 0 Å². The van der Waals surface area contributed by atoms with Gasteiger partial charge in [-0.25, -0.2) is 9.78 Å². The minimum atomic E-state index is -0.976. The van der Waals surface area contributed by atoms with Crippen molar-refractivity contribution in [2.45, 2.75) is 13.5 Å². The molecule has 1 amide bonds. The van der Waals surface area contributed by atoms with Gasteiger partial charge in [0, 0.05) is 29.9 Å². The number of aromatic nitrogens is 1. The van der Waals surface area contributed by atoms with Crippen molar-refractivity contribution < 1.29 is 14.7 Å². The summed E-state index contributed by atoms with van der Waals surface area (Å²) in [4.78, 5) is 29.3. The van der Waals surface area contributed by atoms with Crippen LogP contribution in [0.15, 0.2) is 22.9 Å². The molecule has 0 saturated heterocycles. The van der Waals surface area contributed by atoms with Crippen LogP contribution in [0, 0.1) is 6.92 Å². The Morgan fingerprint density at radius 3 is 2.76 bits per heavy atom. The lowest BCUT2D eigenvalue weighted by atomic mass is 10.2. The maximum atomic E-state index is 12.2. The maximum absolute atomic E-state index is 12.2. The first-order valence-electron chi connectivity index (χ1n) is 6.11. The van der Waals surface area contributed by atoms with Gasteiger partial charge in [0.05, 0.1) is 5.01 Å². The fourth-order valence-electron chi connectivity index (χ4n) is 1.72. The molecule has 2 heterocycles. The molecule has 0 bridgehead atoms. The first kappa shape index (κ1) is 15.4. The quantitative estimate of drug-likeness (QED) is 0.859. The van der Waals surface area contributed by atoms with E-state index in [1.807, 2.05) is 18.4 Å². The van der Waals surface area contributed by atoms with Gasteiger partial charge in [-0.2, -0.15) is 0 Å². The summed E-state index contributed by atoms with van der Waals surface area (Å²) in [5.74, 6) is -1.09. The molecule has 110 valence electrons. The average molecular weight is 322 g/mol. The van der Waals surface area contributed by atoms with Gasteiger partial charge in [-0.3, -0.25) is 4.79 Å². The normalized spacial score (nSPS) is 11.0. The number of hydrogen-bond donors (Lipinski definition) is 1. The van der Waals surface area contributed by atoms with Crippen LogP contribution in [0.1, 0.15) is 25.9 Å². The smallest absolute Gasteiger partial charge is 0.328 e. The van der Waals surface area contributed by atoms with E-state index in [2.05, 4.69) is 4.98 Å². The molecule has 2 rings (SSSR count). The molecule has 21 heavy (non-hydrogen) atoms. The highest BCUT2D eigenvalue weighted by atomic mass is 32.1. The number of amides is 1. The van der Waals surface area contributed by atoms with E-state index in [1.165, 1.54) is 22.7 Å². The molecule has 0 atom stereocenters. The van der Waals surface area contributed by atoms with Gasteiger partial charge in [-0.15, -0.1) is 22.7 Å². The fourth-order valence-corrected chi connectivity index (χ4v) is 3.10. The molecular formula is C14H14N2O3S2. The summed E-state index contributed by atoms with van der Waals surface area (Å²) >= 11 is 2.89. The molecule has 0 fully saturated rings. The molecule has 0 saturated carbocycles. The van der Waals surface area contributed by atoms with E-state index < -0.39 is 5.97 Å². The lowest BCUT2D eigenvalue weighted by Crippen LogP contribution is -2.26. The number of thiophene rings is 1. The SMILES string of the molecule is Cc1nc(C(=O)N(C)Cc2csc(/C=C/C(=O)O)c2)cs1. The molecule has 0 aliphatic rings. The van der Waals surface area contributed by atoms with Crippen LogP contribution in [0.2, 0.25) is 0 Å². The molecular weight excluding hydrogens is 308 g/mol. The van der Waals surface area contributed by atoms with Crippen molar-refractivity contribution in [3.8, 4) is 0 Å². The second-order valence-corrected chi connectivity index (χ2v) is 6.45. The van der Waals surface area contributed by atoms with E-state index in [-0.39, 0.29) is 5.91 Å². The largest absolute Gasteiger partial charge is 0.478 e. The van der Waals surface area contributed by atoms with E-state index in [4.69, 9.17) is 5.11 Å². The molecule has 7 heteroatoms. The highest BCUT2D eigenvalue weighted by Crippen LogP contribution is 2.18. The van der Waals surface area contributed by atoms with Gasteiger partial charge in [0.15, 0.2) is 0 Å². The highest BCUT2D eigenvalue weighted by Gasteiger charge is 2.15. The van der Waals surface area contributed by atoms with E-state index in [9.17, 15) is 9.59 Å². The minimum Gasteiger partial charge on any atom is -0.478 e. The van der Waals surface area contributed by atoms with Crippen LogP contribution in [-0.4, -0.2) is 33.9 Å². The first-order valence-corrected chi connectivity index (χ1v) is 7.87. The molecule has 5 nitrogen and oxygen atoms in total. The van der Waals surface area contributed by atoms with E-state index in [0.29, 0.717) is 12.2 Å². The van der Waals surface area contributed by atoms with Gasteiger partial charge in [-0.05, 0) is 30.0 Å². The van der Waals surface area contributed by atoms with Crippen molar-refractivity contribution in [1.29, 1.82) is 0 Å². The van der Waals surface area contributed by atoms with Crippen molar-refractivity contribution in [1.82, 2.24) is 9.88 Å². The van der Waals surface area contributed by atoms with Crippen LogP contribution in [0.3, 0.4) is 0 Å². The average Bonchev–Trinajstić information content (AvgIpc) is 3.04. The number of aryl methyl sites for hydroxylation is 1. The van der Waals surface area contributed by atoms with Crippen molar-refractivity contribution in [2.75, 3.05) is 7.05 Å². The van der Waals surface area contributed by atoms with Crippen molar-refractivity contribution in [2.24, 2.45) is 0 Å². The van der Waals surface area contributed by atoms with Crippen LogP contribution in [-0.2, 0) is 11.3 Å². The predicted molar refractivity (Wildman–Crippen MR) is 83.6 cm³/mol. The second kappa shape index (κ2) is 6.64. The van der Waals surface area contributed by atoms with Gasteiger partial charge >= 0.3 is 5.97 Å². The Bertz CT molecular complexity index is 688. The summed E-state index contributed by atoms with van der Waals surface area (Å²) in [6.45, 7) is 2.33. The summed E-state index contributed by atoms with van der Waals surface area (Å²) in [5.41, 5.74) is 1.43. The fraction of sp³-hybridized carbons (Fsp3) is 0.214. The van der Waals surface area contributed by atoms with Gasteiger partial charge < -0.3 is 10.0 Å². The topological polar surface area (TPSA) is 70.5 Å². The number of carboxylic acids is 1. The van der Waals surface area contributed by atoms with E-state index >= 15 is 0 Å². The number of carboxylic acid groups (broad SMARTS) is 1. The van der Waals surface area contributed by atoms with Gasteiger partial charge in [0.2, 0.25) is 0 Å². The predicted octanol–water partition coefficient (Wildman–Crippen LogP) is 2.88. The molecule has 0 aliphatic carbocycles. The monoisotopic (exact) mass is 322 g/mol. The lowest BCUT2D eigenvalue weighted by Gasteiger charge is -2.14. The zero-order chi connectivity index (χ0) is 15.4. The minimum absolute atomic E-state index is 0.117. The molecule has 2 aromatic rings. The Balaban J connectivity index is 2.01. The summed E-state index contributed by atoms with van der Waals surface area (Å²) in [7, 11) is 1.72. The Kier molecular flexibility index (Phi) is 4.87. The van der Waals surface area contributed by atoms with Crippen LogP contribution >= 0.6 is 22.7 Å². The summed E-state index contributed by atoms with van der Waals surface area (Å²) < 4.78 is 0. The Morgan fingerprint density at radius 1 is 1.38 bits per heavy atom. The maximum Gasteiger partial charge on any atom is 0.328 e. The molecule has 0 radical (unpaired) electrons. The van der Waals surface area contributed by atoms with E-state index in [0.717, 1.165) is 21.5 Å². The zero-order valence-corrected chi connectivity index (χ0v) is 13.2. The highest BCUT2D eigenvalue weighted by molar-refractivity contribution is 7.11. The lowest BCUT2D eigenvalue weighted by molar-refractivity contribution is -0.131. The van der Waals surface area contributed by atoms with Crippen molar-refractivity contribution in [3.63, 3.8) is 0 Å². The Labute approximate surface area is 130 Å².